The Balaban J connectivity index is 1.35. The zero-order valence-corrected chi connectivity index (χ0v) is 17.3. The second-order valence-electron chi connectivity index (χ2n) is 5.87. The van der Waals surface area contributed by atoms with Crippen molar-refractivity contribution in [3.63, 3.8) is 0 Å². The highest BCUT2D eigenvalue weighted by atomic mass is 35.5. The molecule has 3 heterocycles. The molecule has 142 valence electrons. The van der Waals surface area contributed by atoms with Gasteiger partial charge >= 0.3 is 0 Å². The van der Waals surface area contributed by atoms with Gasteiger partial charge in [0.1, 0.15) is 17.4 Å². The SMILES string of the molecule is Cn1c(SCc2csc(COc3ccc(Cl)cc3)n2)nnc1-c1cccnc1. The molecule has 0 atom stereocenters. The molecule has 0 N–H and O–H groups in total. The van der Waals surface area contributed by atoms with E-state index < -0.39 is 0 Å². The third kappa shape index (κ3) is 4.52. The number of hydrogen-bond acceptors (Lipinski definition) is 7. The highest BCUT2D eigenvalue weighted by molar-refractivity contribution is 7.98. The molecule has 0 spiro atoms. The van der Waals surface area contributed by atoms with Crippen molar-refractivity contribution in [3.05, 3.63) is 69.9 Å². The van der Waals surface area contributed by atoms with Gasteiger partial charge in [-0.05, 0) is 36.4 Å². The lowest BCUT2D eigenvalue weighted by atomic mass is 10.3. The molecule has 0 radical (unpaired) electrons. The molecule has 0 unspecified atom stereocenters. The summed E-state index contributed by atoms with van der Waals surface area (Å²) in [5.74, 6) is 2.29. The molecule has 0 aliphatic carbocycles. The van der Waals surface area contributed by atoms with Crippen LogP contribution in [-0.4, -0.2) is 24.7 Å². The molecule has 0 fully saturated rings. The van der Waals surface area contributed by atoms with E-state index in [1.165, 1.54) is 0 Å². The van der Waals surface area contributed by atoms with Gasteiger partial charge in [0, 0.05) is 41.2 Å². The third-order valence-electron chi connectivity index (χ3n) is 3.88. The predicted molar refractivity (Wildman–Crippen MR) is 112 cm³/mol. The molecule has 0 aliphatic heterocycles. The highest BCUT2D eigenvalue weighted by Crippen LogP contribution is 2.26. The van der Waals surface area contributed by atoms with Gasteiger partial charge in [0.25, 0.3) is 0 Å². The van der Waals surface area contributed by atoms with Gasteiger partial charge in [-0.2, -0.15) is 0 Å². The topological polar surface area (TPSA) is 65.7 Å². The molecule has 0 saturated carbocycles. The maximum Gasteiger partial charge on any atom is 0.191 e. The number of aromatic nitrogens is 5. The van der Waals surface area contributed by atoms with Crippen LogP contribution in [0, 0.1) is 0 Å². The molecule has 4 aromatic rings. The largest absolute Gasteiger partial charge is 0.486 e. The van der Waals surface area contributed by atoms with E-state index in [9.17, 15) is 0 Å². The van der Waals surface area contributed by atoms with Gasteiger partial charge in [-0.15, -0.1) is 21.5 Å². The summed E-state index contributed by atoms with van der Waals surface area (Å²) in [4.78, 5) is 8.77. The Morgan fingerprint density at radius 2 is 2.04 bits per heavy atom. The minimum Gasteiger partial charge on any atom is -0.486 e. The summed E-state index contributed by atoms with van der Waals surface area (Å²) < 4.78 is 7.72. The normalized spacial score (nSPS) is 10.9. The fourth-order valence-electron chi connectivity index (χ4n) is 2.48. The zero-order valence-electron chi connectivity index (χ0n) is 14.9. The van der Waals surface area contributed by atoms with Crippen LogP contribution in [0.5, 0.6) is 5.75 Å². The van der Waals surface area contributed by atoms with Crippen LogP contribution < -0.4 is 4.74 Å². The lowest BCUT2D eigenvalue weighted by Gasteiger charge is -2.03. The van der Waals surface area contributed by atoms with Crippen LogP contribution in [-0.2, 0) is 19.4 Å². The Morgan fingerprint density at radius 3 is 2.82 bits per heavy atom. The van der Waals surface area contributed by atoms with Gasteiger partial charge in [0.15, 0.2) is 11.0 Å². The standard InChI is InChI=1S/C19H16ClN5OS2/c1-25-18(13-3-2-8-21-9-13)23-24-19(25)28-12-15-11-27-17(22-15)10-26-16-6-4-14(20)5-7-16/h2-9,11H,10,12H2,1H3. The lowest BCUT2D eigenvalue weighted by Crippen LogP contribution is -1.96. The van der Waals surface area contributed by atoms with E-state index in [0.29, 0.717) is 11.6 Å². The lowest BCUT2D eigenvalue weighted by molar-refractivity contribution is 0.305. The zero-order chi connectivity index (χ0) is 19.3. The van der Waals surface area contributed by atoms with E-state index in [1.54, 1.807) is 35.5 Å². The van der Waals surface area contributed by atoms with Crippen LogP contribution in [0.25, 0.3) is 11.4 Å². The summed E-state index contributed by atoms with van der Waals surface area (Å²) in [7, 11) is 1.96. The van der Waals surface area contributed by atoms with Gasteiger partial charge in [-0.1, -0.05) is 23.4 Å². The first kappa shape index (κ1) is 18.9. The molecule has 9 heteroatoms. The summed E-state index contributed by atoms with van der Waals surface area (Å²) in [6.45, 7) is 0.437. The summed E-state index contributed by atoms with van der Waals surface area (Å²) in [6.07, 6.45) is 3.53. The molecule has 1 aromatic carbocycles. The highest BCUT2D eigenvalue weighted by Gasteiger charge is 2.12. The average molecular weight is 430 g/mol. The molecule has 28 heavy (non-hydrogen) atoms. The molecular formula is C19H16ClN5OS2. The summed E-state index contributed by atoms with van der Waals surface area (Å²) in [5.41, 5.74) is 1.94. The quantitative estimate of drug-likeness (QED) is 0.391. The van der Waals surface area contributed by atoms with Crippen molar-refractivity contribution < 1.29 is 4.74 Å². The van der Waals surface area contributed by atoms with Crippen molar-refractivity contribution in [2.24, 2.45) is 7.05 Å². The fraction of sp³-hybridized carbons (Fsp3) is 0.158. The number of thioether (sulfide) groups is 1. The van der Waals surface area contributed by atoms with Gasteiger partial charge in [-0.25, -0.2) is 4.98 Å². The number of pyridine rings is 1. The van der Waals surface area contributed by atoms with Gasteiger partial charge in [0.2, 0.25) is 0 Å². The van der Waals surface area contributed by atoms with Gasteiger partial charge < -0.3 is 9.30 Å². The molecule has 0 bridgehead atoms. The van der Waals surface area contributed by atoms with E-state index in [0.717, 1.165) is 38.7 Å². The van der Waals surface area contributed by atoms with Crippen molar-refractivity contribution in [1.29, 1.82) is 0 Å². The Labute approximate surface area is 175 Å². The minimum atomic E-state index is 0.437. The number of hydrogen-bond donors (Lipinski definition) is 0. The number of nitrogens with zero attached hydrogens (tertiary/aromatic N) is 5. The molecular weight excluding hydrogens is 414 g/mol. The summed E-state index contributed by atoms with van der Waals surface area (Å²) in [6, 6.07) is 11.2. The molecule has 3 aromatic heterocycles. The Kier molecular flexibility index (Phi) is 5.90. The first-order valence-electron chi connectivity index (χ1n) is 8.43. The van der Waals surface area contributed by atoms with Crippen molar-refractivity contribution in [2.75, 3.05) is 0 Å². The smallest absolute Gasteiger partial charge is 0.191 e. The summed E-state index contributed by atoms with van der Waals surface area (Å²) >= 11 is 9.07. The van der Waals surface area contributed by atoms with Crippen LogP contribution in [0.15, 0.2) is 59.3 Å². The molecule has 4 rings (SSSR count). The van der Waals surface area contributed by atoms with Gasteiger partial charge in [0.05, 0.1) is 5.69 Å². The Morgan fingerprint density at radius 1 is 1.18 bits per heavy atom. The van der Waals surface area contributed by atoms with E-state index in [1.807, 2.05) is 53.4 Å². The average Bonchev–Trinajstić information content (AvgIpc) is 3.33. The van der Waals surface area contributed by atoms with Crippen molar-refractivity contribution in [1.82, 2.24) is 24.7 Å². The predicted octanol–water partition coefficient (Wildman–Crippen LogP) is 4.86. The van der Waals surface area contributed by atoms with Crippen LogP contribution in [0.1, 0.15) is 10.7 Å². The monoisotopic (exact) mass is 429 g/mol. The Hall–Kier alpha value is -2.42. The van der Waals surface area contributed by atoms with Crippen LogP contribution in [0.4, 0.5) is 0 Å². The fourth-order valence-corrected chi connectivity index (χ4v) is 4.22. The number of rotatable bonds is 7. The minimum absolute atomic E-state index is 0.437. The third-order valence-corrected chi connectivity index (χ3v) is 6.06. The van der Waals surface area contributed by atoms with E-state index >= 15 is 0 Å². The molecule has 0 aliphatic rings. The first-order valence-corrected chi connectivity index (χ1v) is 10.7. The summed E-state index contributed by atoms with van der Waals surface area (Å²) in [5, 5.41) is 13.1. The second kappa shape index (κ2) is 8.72. The van der Waals surface area contributed by atoms with Crippen molar-refractivity contribution >= 4 is 34.7 Å². The van der Waals surface area contributed by atoms with Crippen LogP contribution >= 0.6 is 34.7 Å². The van der Waals surface area contributed by atoms with E-state index in [2.05, 4.69) is 20.2 Å². The molecule has 0 amide bonds. The van der Waals surface area contributed by atoms with E-state index in [4.69, 9.17) is 16.3 Å². The number of benzene rings is 1. The maximum absolute atomic E-state index is 5.88. The van der Waals surface area contributed by atoms with Gasteiger partial charge in [-0.3, -0.25) is 4.98 Å². The van der Waals surface area contributed by atoms with Crippen LogP contribution in [0.3, 0.4) is 0 Å². The number of halogens is 1. The first-order chi connectivity index (χ1) is 13.7. The number of ether oxygens (including phenoxy) is 1. The molecule has 6 nitrogen and oxygen atoms in total. The molecule has 0 saturated heterocycles. The van der Waals surface area contributed by atoms with Crippen molar-refractivity contribution in [3.8, 4) is 17.1 Å². The second-order valence-corrected chi connectivity index (χ2v) is 8.19. The maximum atomic E-state index is 5.88. The van der Waals surface area contributed by atoms with Crippen LogP contribution in [0.2, 0.25) is 5.02 Å². The van der Waals surface area contributed by atoms with E-state index in [-0.39, 0.29) is 0 Å². The van der Waals surface area contributed by atoms with Crippen molar-refractivity contribution in [2.45, 2.75) is 17.5 Å². The number of thiazole rings is 1. The Bertz CT molecular complexity index is 1050.